The van der Waals surface area contributed by atoms with Crippen molar-refractivity contribution < 1.29 is 18.4 Å². The van der Waals surface area contributed by atoms with Gasteiger partial charge in [-0.3, -0.25) is 4.79 Å². The van der Waals surface area contributed by atoms with Gasteiger partial charge in [0.2, 0.25) is 0 Å². The summed E-state index contributed by atoms with van der Waals surface area (Å²) in [6.07, 6.45) is 0. The van der Waals surface area contributed by atoms with Gasteiger partial charge in [-0.25, -0.2) is 13.6 Å². The van der Waals surface area contributed by atoms with E-state index in [1.54, 1.807) is 31.3 Å². The Kier molecular flexibility index (Phi) is 6.27. The largest absolute Gasteiger partial charge is 0.337 e. The second-order valence-electron chi connectivity index (χ2n) is 6.24. The van der Waals surface area contributed by atoms with E-state index in [-0.39, 0.29) is 24.5 Å². The van der Waals surface area contributed by atoms with Crippen LogP contribution in [-0.4, -0.2) is 29.9 Å². The summed E-state index contributed by atoms with van der Waals surface area (Å²) in [5.41, 5.74) is 1.47. The molecular formula is C19H21F2N3O2. The summed E-state index contributed by atoms with van der Waals surface area (Å²) >= 11 is 0. The van der Waals surface area contributed by atoms with Gasteiger partial charge in [0.25, 0.3) is 5.91 Å². The smallest absolute Gasteiger partial charge is 0.319 e. The summed E-state index contributed by atoms with van der Waals surface area (Å²) in [7, 11) is 1.58. The Labute approximate surface area is 151 Å². The molecule has 7 heteroatoms. The predicted molar refractivity (Wildman–Crippen MR) is 95.9 cm³/mol. The molecule has 0 atom stereocenters. The number of nitrogens with one attached hydrogen (secondary N) is 2. The maximum Gasteiger partial charge on any atom is 0.319 e. The van der Waals surface area contributed by atoms with Gasteiger partial charge in [0.05, 0.1) is 0 Å². The fourth-order valence-electron chi connectivity index (χ4n) is 2.33. The first-order valence-corrected chi connectivity index (χ1v) is 8.13. The Morgan fingerprint density at radius 1 is 1.04 bits per heavy atom. The highest BCUT2D eigenvalue weighted by atomic mass is 19.2. The van der Waals surface area contributed by atoms with Gasteiger partial charge in [-0.1, -0.05) is 6.07 Å². The summed E-state index contributed by atoms with van der Waals surface area (Å²) in [5.74, 6) is -2.14. The van der Waals surface area contributed by atoms with Crippen LogP contribution in [0.3, 0.4) is 0 Å². The number of rotatable bonds is 5. The molecule has 0 saturated carbocycles. The van der Waals surface area contributed by atoms with E-state index >= 15 is 0 Å². The van der Waals surface area contributed by atoms with Crippen LogP contribution in [0.15, 0.2) is 42.5 Å². The lowest BCUT2D eigenvalue weighted by Crippen LogP contribution is -2.34. The van der Waals surface area contributed by atoms with Crippen LogP contribution < -0.4 is 10.6 Å². The number of amides is 3. The van der Waals surface area contributed by atoms with E-state index in [0.29, 0.717) is 16.8 Å². The number of hydrogen-bond donors (Lipinski definition) is 2. The molecule has 138 valence electrons. The van der Waals surface area contributed by atoms with Crippen LogP contribution in [0.4, 0.5) is 19.3 Å². The summed E-state index contributed by atoms with van der Waals surface area (Å²) in [6.45, 7) is 3.85. The van der Waals surface area contributed by atoms with Crippen LogP contribution in [0.25, 0.3) is 0 Å². The van der Waals surface area contributed by atoms with E-state index in [4.69, 9.17) is 0 Å². The van der Waals surface area contributed by atoms with Crippen molar-refractivity contribution in [3.05, 3.63) is 65.2 Å². The molecule has 0 heterocycles. The summed E-state index contributed by atoms with van der Waals surface area (Å²) < 4.78 is 26.2. The molecule has 2 rings (SSSR count). The highest BCUT2D eigenvalue weighted by molar-refractivity contribution is 5.95. The Morgan fingerprint density at radius 2 is 1.69 bits per heavy atom. The third-order valence-electron chi connectivity index (χ3n) is 3.56. The number of hydrogen-bond acceptors (Lipinski definition) is 2. The quantitative estimate of drug-likeness (QED) is 0.852. The number of benzene rings is 2. The molecule has 2 N–H and O–H groups in total. The molecule has 0 spiro atoms. The molecule has 0 aromatic heterocycles. The first-order valence-electron chi connectivity index (χ1n) is 8.13. The Hall–Kier alpha value is -2.96. The normalized spacial score (nSPS) is 10.5. The number of carbonyl (C=O) groups excluding carboxylic acids is 2. The van der Waals surface area contributed by atoms with Gasteiger partial charge in [-0.15, -0.1) is 0 Å². The van der Waals surface area contributed by atoms with Crippen LogP contribution in [0, 0.1) is 11.6 Å². The van der Waals surface area contributed by atoms with Crippen molar-refractivity contribution in [1.82, 2.24) is 10.2 Å². The summed E-state index contributed by atoms with van der Waals surface area (Å²) in [5, 5.41) is 5.37. The van der Waals surface area contributed by atoms with Gasteiger partial charge in [0.15, 0.2) is 11.6 Å². The minimum Gasteiger partial charge on any atom is -0.337 e. The zero-order chi connectivity index (χ0) is 19.3. The first kappa shape index (κ1) is 19.4. The molecule has 0 aliphatic carbocycles. The van der Waals surface area contributed by atoms with Crippen LogP contribution in [0.2, 0.25) is 0 Å². The van der Waals surface area contributed by atoms with Gasteiger partial charge >= 0.3 is 6.03 Å². The second-order valence-corrected chi connectivity index (χ2v) is 6.24. The highest BCUT2D eigenvalue weighted by Gasteiger charge is 2.13. The SMILES string of the molecule is CC(C)NC(=O)Nc1ccc(C(=O)N(C)Cc2ccc(F)c(F)c2)cc1. The van der Waals surface area contributed by atoms with E-state index in [9.17, 15) is 18.4 Å². The van der Waals surface area contributed by atoms with Gasteiger partial charge in [0.1, 0.15) is 0 Å². The maximum atomic E-state index is 13.3. The van der Waals surface area contributed by atoms with Crippen LogP contribution in [0.5, 0.6) is 0 Å². The Morgan fingerprint density at radius 3 is 2.27 bits per heavy atom. The molecule has 0 fully saturated rings. The lowest BCUT2D eigenvalue weighted by Gasteiger charge is -2.18. The number of carbonyl (C=O) groups is 2. The second kappa shape index (κ2) is 8.42. The number of halogens is 2. The fraction of sp³-hybridized carbons (Fsp3) is 0.263. The van der Waals surface area contributed by atoms with Crippen molar-refractivity contribution in [3.8, 4) is 0 Å². The fourth-order valence-corrected chi connectivity index (χ4v) is 2.33. The standard InChI is InChI=1S/C19H21F2N3O2/c1-12(2)22-19(26)23-15-7-5-14(6-8-15)18(25)24(3)11-13-4-9-16(20)17(21)10-13/h4-10,12H,11H2,1-3H3,(H2,22,23,26). The van der Waals surface area contributed by atoms with E-state index in [1.165, 1.54) is 11.0 Å². The Balaban J connectivity index is 1.99. The molecule has 0 unspecified atom stereocenters. The first-order chi connectivity index (χ1) is 12.3. The monoisotopic (exact) mass is 361 g/mol. The average molecular weight is 361 g/mol. The highest BCUT2D eigenvalue weighted by Crippen LogP contribution is 2.14. The molecule has 2 aromatic carbocycles. The van der Waals surface area contributed by atoms with Crippen molar-refractivity contribution in [2.45, 2.75) is 26.4 Å². The van der Waals surface area contributed by atoms with Gasteiger partial charge in [-0.05, 0) is 55.8 Å². The molecule has 0 saturated heterocycles. The van der Waals surface area contributed by atoms with Crippen molar-refractivity contribution in [2.24, 2.45) is 0 Å². The van der Waals surface area contributed by atoms with Crippen molar-refractivity contribution in [3.63, 3.8) is 0 Å². The van der Waals surface area contributed by atoms with Crippen LogP contribution in [-0.2, 0) is 6.54 Å². The zero-order valence-electron chi connectivity index (χ0n) is 14.8. The molecule has 0 aliphatic rings. The number of urea groups is 1. The van der Waals surface area contributed by atoms with E-state index in [2.05, 4.69) is 10.6 Å². The minimum atomic E-state index is -0.946. The van der Waals surface area contributed by atoms with Crippen molar-refractivity contribution in [2.75, 3.05) is 12.4 Å². The lowest BCUT2D eigenvalue weighted by molar-refractivity contribution is 0.0785. The van der Waals surface area contributed by atoms with Crippen LogP contribution in [0.1, 0.15) is 29.8 Å². The van der Waals surface area contributed by atoms with Gasteiger partial charge in [-0.2, -0.15) is 0 Å². The van der Waals surface area contributed by atoms with Gasteiger partial charge < -0.3 is 15.5 Å². The lowest BCUT2D eigenvalue weighted by atomic mass is 10.1. The van der Waals surface area contributed by atoms with Crippen molar-refractivity contribution >= 4 is 17.6 Å². The molecular weight excluding hydrogens is 340 g/mol. The molecule has 26 heavy (non-hydrogen) atoms. The summed E-state index contributed by atoms with van der Waals surface area (Å²) in [6, 6.07) is 9.66. The molecule has 5 nitrogen and oxygen atoms in total. The third kappa shape index (κ3) is 5.27. The van der Waals surface area contributed by atoms with E-state index in [0.717, 1.165) is 12.1 Å². The van der Waals surface area contributed by atoms with E-state index < -0.39 is 11.6 Å². The molecule has 3 amide bonds. The van der Waals surface area contributed by atoms with Gasteiger partial charge in [0, 0.05) is 30.9 Å². The molecule has 0 aliphatic heterocycles. The topological polar surface area (TPSA) is 61.4 Å². The Bertz CT molecular complexity index is 792. The predicted octanol–water partition coefficient (Wildman–Crippen LogP) is 3.77. The minimum absolute atomic E-state index is 0.0146. The maximum absolute atomic E-state index is 13.3. The number of nitrogens with zero attached hydrogens (tertiary/aromatic N) is 1. The summed E-state index contributed by atoms with van der Waals surface area (Å²) in [4.78, 5) is 25.5. The van der Waals surface area contributed by atoms with E-state index in [1.807, 2.05) is 13.8 Å². The van der Waals surface area contributed by atoms with Crippen LogP contribution >= 0.6 is 0 Å². The molecule has 0 bridgehead atoms. The van der Waals surface area contributed by atoms with Crippen molar-refractivity contribution in [1.29, 1.82) is 0 Å². The number of anilines is 1. The molecule has 0 radical (unpaired) electrons. The average Bonchev–Trinajstić information content (AvgIpc) is 2.57. The molecule has 2 aromatic rings. The zero-order valence-corrected chi connectivity index (χ0v) is 14.8. The third-order valence-corrected chi connectivity index (χ3v) is 3.56.